The van der Waals surface area contributed by atoms with E-state index in [1.54, 1.807) is 0 Å². The van der Waals surface area contributed by atoms with Crippen LogP contribution in [0.1, 0.15) is 52.9 Å². The minimum absolute atomic E-state index is 0.403. The molecule has 4 saturated heterocycles. The van der Waals surface area contributed by atoms with Gasteiger partial charge in [-0.3, -0.25) is 9.80 Å². The van der Waals surface area contributed by atoms with Crippen molar-refractivity contribution in [1.29, 1.82) is 0 Å². The SMILES string of the molecule is CCC(N)CCC1C2C(CN1CC(C)C)C1CCN2CC1. The Bertz CT molecular complexity index is 335. The molecule has 4 fully saturated rings. The zero-order chi connectivity index (χ0) is 15.0. The van der Waals surface area contributed by atoms with Crippen molar-refractivity contribution in [3.8, 4) is 0 Å². The molecule has 4 aliphatic rings. The molecule has 21 heavy (non-hydrogen) atoms. The number of piperidine rings is 3. The molecule has 2 bridgehead atoms. The fourth-order valence-corrected chi connectivity index (χ4v) is 5.22. The van der Waals surface area contributed by atoms with Gasteiger partial charge >= 0.3 is 0 Å². The molecule has 4 atom stereocenters. The van der Waals surface area contributed by atoms with Gasteiger partial charge < -0.3 is 5.73 Å². The van der Waals surface area contributed by atoms with E-state index in [-0.39, 0.29) is 0 Å². The van der Waals surface area contributed by atoms with Crippen LogP contribution in [-0.2, 0) is 0 Å². The Morgan fingerprint density at radius 2 is 1.90 bits per heavy atom. The van der Waals surface area contributed by atoms with E-state index in [0.717, 1.165) is 36.3 Å². The van der Waals surface area contributed by atoms with Crippen molar-refractivity contribution < 1.29 is 0 Å². The van der Waals surface area contributed by atoms with Gasteiger partial charge in [0, 0.05) is 31.2 Å². The summed E-state index contributed by atoms with van der Waals surface area (Å²) in [5, 5.41) is 0. The van der Waals surface area contributed by atoms with Crippen molar-refractivity contribution >= 4 is 0 Å². The lowest BCUT2D eigenvalue weighted by Crippen LogP contribution is -2.57. The van der Waals surface area contributed by atoms with Crippen molar-refractivity contribution in [2.75, 3.05) is 26.2 Å². The Hall–Kier alpha value is -0.120. The smallest absolute Gasteiger partial charge is 0.0294 e. The van der Waals surface area contributed by atoms with Gasteiger partial charge in [-0.2, -0.15) is 0 Å². The molecule has 122 valence electrons. The molecule has 0 spiro atoms. The molecule has 4 unspecified atom stereocenters. The Balaban J connectivity index is 1.71. The van der Waals surface area contributed by atoms with Crippen LogP contribution in [0.4, 0.5) is 0 Å². The van der Waals surface area contributed by atoms with Crippen molar-refractivity contribution in [3.63, 3.8) is 0 Å². The molecule has 3 heteroatoms. The molecule has 0 aromatic rings. The van der Waals surface area contributed by atoms with Crippen LogP contribution < -0.4 is 5.73 Å². The second kappa shape index (κ2) is 6.55. The first-order valence-corrected chi connectivity index (χ1v) is 9.33. The molecule has 4 aliphatic heterocycles. The quantitative estimate of drug-likeness (QED) is 0.817. The van der Waals surface area contributed by atoms with E-state index in [1.807, 2.05) is 0 Å². The van der Waals surface area contributed by atoms with Gasteiger partial charge in [-0.15, -0.1) is 0 Å². The lowest BCUT2D eigenvalue weighted by molar-refractivity contribution is 0.00159. The number of rotatable bonds is 6. The van der Waals surface area contributed by atoms with Gasteiger partial charge in [0.1, 0.15) is 0 Å². The summed E-state index contributed by atoms with van der Waals surface area (Å²) in [6.45, 7) is 12.3. The summed E-state index contributed by atoms with van der Waals surface area (Å²) in [4.78, 5) is 5.66. The standard InChI is InChI=1S/C18H35N3/c1-4-15(19)5-6-17-18-16(12-21(17)11-13(2)3)14-7-9-20(18)10-8-14/h13-18H,4-12,19H2,1-3H3. The zero-order valence-corrected chi connectivity index (χ0v) is 14.3. The number of nitrogens with zero attached hydrogens (tertiary/aromatic N) is 2. The number of fused-ring (bicyclic) bond motifs is 2. The second-order valence-electron chi connectivity index (χ2n) is 8.19. The van der Waals surface area contributed by atoms with Gasteiger partial charge in [0.25, 0.3) is 0 Å². The zero-order valence-electron chi connectivity index (χ0n) is 14.3. The van der Waals surface area contributed by atoms with Crippen LogP contribution >= 0.6 is 0 Å². The lowest BCUT2D eigenvalue weighted by atomic mass is 9.73. The first-order valence-electron chi connectivity index (χ1n) is 9.33. The lowest BCUT2D eigenvalue weighted by Gasteiger charge is -2.49. The molecule has 0 aromatic carbocycles. The summed E-state index contributed by atoms with van der Waals surface area (Å²) >= 11 is 0. The molecule has 0 aliphatic carbocycles. The van der Waals surface area contributed by atoms with Crippen LogP contribution in [0.3, 0.4) is 0 Å². The molecule has 0 saturated carbocycles. The van der Waals surface area contributed by atoms with Crippen molar-refractivity contribution in [3.05, 3.63) is 0 Å². The third-order valence-corrected chi connectivity index (χ3v) is 6.31. The normalized spacial score (nSPS) is 40.7. The maximum Gasteiger partial charge on any atom is 0.0294 e. The Kier molecular flexibility index (Phi) is 4.92. The number of nitrogens with two attached hydrogens (primary N) is 1. The fraction of sp³-hybridized carbons (Fsp3) is 1.00. The second-order valence-corrected chi connectivity index (χ2v) is 8.19. The summed E-state index contributed by atoms with van der Waals surface area (Å²) in [6, 6.07) is 2.03. The predicted molar refractivity (Wildman–Crippen MR) is 89.3 cm³/mol. The molecule has 0 amide bonds. The van der Waals surface area contributed by atoms with Crippen LogP contribution in [0.2, 0.25) is 0 Å². The Morgan fingerprint density at radius 3 is 2.52 bits per heavy atom. The summed E-state index contributed by atoms with van der Waals surface area (Å²) in [5.41, 5.74) is 6.21. The van der Waals surface area contributed by atoms with Crippen molar-refractivity contribution in [2.45, 2.75) is 71.0 Å². The topological polar surface area (TPSA) is 32.5 Å². The van der Waals surface area contributed by atoms with Gasteiger partial charge in [0.15, 0.2) is 0 Å². The largest absolute Gasteiger partial charge is 0.328 e. The minimum Gasteiger partial charge on any atom is -0.328 e. The summed E-state index contributed by atoms with van der Waals surface area (Å²) in [7, 11) is 0. The molecular weight excluding hydrogens is 258 g/mol. The highest BCUT2D eigenvalue weighted by Crippen LogP contribution is 2.45. The van der Waals surface area contributed by atoms with E-state index in [1.165, 1.54) is 51.9 Å². The van der Waals surface area contributed by atoms with E-state index < -0.39 is 0 Å². The van der Waals surface area contributed by atoms with E-state index in [0.29, 0.717) is 6.04 Å². The summed E-state index contributed by atoms with van der Waals surface area (Å²) in [5.74, 6) is 2.74. The summed E-state index contributed by atoms with van der Waals surface area (Å²) < 4.78 is 0. The highest BCUT2D eigenvalue weighted by Gasteiger charge is 2.51. The third-order valence-electron chi connectivity index (χ3n) is 6.31. The van der Waals surface area contributed by atoms with Gasteiger partial charge in [0.2, 0.25) is 0 Å². The average molecular weight is 293 g/mol. The van der Waals surface area contributed by atoms with E-state index >= 15 is 0 Å². The first-order chi connectivity index (χ1) is 10.1. The van der Waals surface area contributed by atoms with E-state index in [4.69, 9.17) is 5.73 Å². The molecule has 0 radical (unpaired) electrons. The molecular formula is C18H35N3. The first kappa shape index (κ1) is 15.8. The van der Waals surface area contributed by atoms with Crippen LogP contribution in [0, 0.1) is 17.8 Å². The monoisotopic (exact) mass is 293 g/mol. The van der Waals surface area contributed by atoms with Gasteiger partial charge in [-0.05, 0) is 62.9 Å². The highest BCUT2D eigenvalue weighted by atomic mass is 15.3. The average Bonchev–Trinajstić information content (AvgIpc) is 2.85. The maximum atomic E-state index is 6.21. The van der Waals surface area contributed by atoms with Crippen LogP contribution in [0.25, 0.3) is 0 Å². The molecule has 3 nitrogen and oxygen atoms in total. The van der Waals surface area contributed by atoms with Crippen LogP contribution in [0.15, 0.2) is 0 Å². The molecule has 4 rings (SSSR count). The van der Waals surface area contributed by atoms with Gasteiger partial charge in [0.05, 0.1) is 0 Å². The van der Waals surface area contributed by atoms with Crippen LogP contribution in [-0.4, -0.2) is 54.1 Å². The molecule has 2 N–H and O–H groups in total. The fourth-order valence-electron chi connectivity index (χ4n) is 5.22. The number of hydrogen-bond acceptors (Lipinski definition) is 3. The van der Waals surface area contributed by atoms with Crippen molar-refractivity contribution in [2.24, 2.45) is 23.5 Å². The Morgan fingerprint density at radius 1 is 1.19 bits per heavy atom. The minimum atomic E-state index is 0.403. The predicted octanol–water partition coefficient (Wildman–Crippen LogP) is 2.55. The van der Waals surface area contributed by atoms with E-state index in [9.17, 15) is 0 Å². The Labute approximate surface area is 131 Å². The summed E-state index contributed by atoms with van der Waals surface area (Å²) in [6.07, 6.45) is 6.55. The van der Waals surface area contributed by atoms with Gasteiger partial charge in [-0.25, -0.2) is 0 Å². The highest BCUT2D eigenvalue weighted by molar-refractivity contribution is 5.06. The van der Waals surface area contributed by atoms with Gasteiger partial charge in [-0.1, -0.05) is 20.8 Å². The molecule has 0 aromatic heterocycles. The third kappa shape index (κ3) is 3.16. The maximum absolute atomic E-state index is 6.21. The molecule has 4 heterocycles. The van der Waals surface area contributed by atoms with Crippen LogP contribution in [0.5, 0.6) is 0 Å². The van der Waals surface area contributed by atoms with E-state index in [2.05, 4.69) is 30.6 Å². The number of likely N-dealkylation sites (tertiary alicyclic amines) is 1. The van der Waals surface area contributed by atoms with Crippen molar-refractivity contribution in [1.82, 2.24) is 9.80 Å². The number of hydrogen-bond donors (Lipinski definition) is 1.